The number of nitrogens with zero attached hydrogens (tertiary/aromatic N) is 1. The minimum absolute atomic E-state index is 0.291. The Morgan fingerprint density at radius 3 is 2.53 bits per heavy atom. The topological polar surface area (TPSA) is 89.4 Å². The average molecular weight is 218 g/mol. The molecule has 7 heteroatoms. The Morgan fingerprint density at radius 1 is 1.47 bits per heavy atom. The second-order valence-electron chi connectivity index (χ2n) is 2.87. The molecule has 5 nitrogen and oxygen atoms in total. The molecule has 0 amide bonds. The maximum atomic E-state index is 13.2. The third-order valence-corrected chi connectivity index (χ3v) is 1.86. The Hall–Kier alpha value is -1.60. The van der Waals surface area contributed by atoms with Gasteiger partial charge in [0, 0.05) is 5.56 Å². The molecule has 0 aliphatic rings. The molecule has 0 aliphatic carbocycles. The van der Waals surface area contributed by atoms with Crippen LogP contribution in [0, 0.1) is 21.7 Å². The summed E-state index contributed by atoms with van der Waals surface area (Å²) in [5.74, 6) is -2.19. The summed E-state index contributed by atoms with van der Waals surface area (Å²) in [6.45, 7) is -0.575. The monoisotopic (exact) mass is 218 g/mol. The van der Waals surface area contributed by atoms with E-state index in [0.717, 1.165) is 0 Å². The van der Waals surface area contributed by atoms with Gasteiger partial charge in [-0.3, -0.25) is 10.1 Å². The minimum atomic E-state index is -1.18. The molecule has 1 rings (SSSR count). The number of nitro benzene ring substituents is 1. The number of rotatable bonds is 3. The Morgan fingerprint density at radius 2 is 2.07 bits per heavy atom. The molecule has 0 aromatic heterocycles. The van der Waals surface area contributed by atoms with Crippen molar-refractivity contribution in [2.75, 3.05) is 6.61 Å². The van der Waals surface area contributed by atoms with Gasteiger partial charge in [0.05, 0.1) is 23.6 Å². The Bertz CT molecular complexity index is 398. The van der Waals surface area contributed by atoms with Crippen LogP contribution in [0.2, 0.25) is 0 Å². The summed E-state index contributed by atoms with van der Waals surface area (Å²) in [6, 6.07) is -0.0329. The fourth-order valence-electron chi connectivity index (χ4n) is 1.07. The Balaban J connectivity index is 3.25. The zero-order valence-corrected chi connectivity index (χ0v) is 7.48. The maximum absolute atomic E-state index is 13.2. The van der Waals surface area contributed by atoms with E-state index in [1.807, 2.05) is 0 Å². The molecule has 0 heterocycles. The number of aliphatic hydroxyl groups is 1. The molecular weight excluding hydrogens is 210 g/mol. The maximum Gasteiger partial charge on any atom is 0.307 e. The lowest BCUT2D eigenvalue weighted by atomic mass is 10.1. The molecule has 3 N–H and O–H groups in total. The molecule has 15 heavy (non-hydrogen) atoms. The van der Waals surface area contributed by atoms with Gasteiger partial charge in [-0.25, -0.2) is 4.39 Å². The number of benzene rings is 1. The van der Waals surface area contributed by atoms with Crippen molar-refractivity contribution in [3.8, 4) is 0 Å². The zero-order valence-electron chi connectivity index (χ0n) is 7.48. The van der Waals surface area contributed by atoms with E-state index >= 15 is 0 Å². The lowest BCUT2D eigenvalue weighted by molar-refractivity contribution is -0.387. The summed E-state index contributed by atoms with van der Waals surface area (Å²) in [5.41, 5.74) is 4.02. The van der Waals surface area contributed by atoms with E-state index in [2.05, 4.69) is 0 Å². The molecule has 0 unspecified atom stereocenters. The van der Waals surface area contributed by atoms with Crippen molar-refractivity contribution in [2.24, 2.45) is 5.73 Å². The van der Waals surface area contributed by atoms with Crippen molar-refractivity contribution in [1.29, 1.82) is 0 Å². The first-order valence-electron chi connectivity index (χ1n) is 3.97. The molecule has 0 spiro atoms. The number of nitro groups is 1. The second-order valence-corrected chi connectivity index (χ2v) is 2.87. The van der Waals surface area contributed by atoms with Gasteiger partial charge in [-0.2, -0.15) is 4.39 Å². The highest BCUT2D eigenvalue weighted by molar-refractivity contribution is 5.37. The van der Waals surface area contributed by atoms with Gasteiger partial charge >= 0.3 is 5.69 Å². The molecule has 1 aromatic rings. The molecular formula is C8H8F2N2O3. The highest BCUT2D eigenvalue weighted by Gasteiger charge is 2.20. The smallest absolute Gasteiger partial charge is 0.307 e. The van der Waals surface area contributed by atoms with Crippen molar-refractivity contribution in [1.82, 2.24) is 0 Å². The van der Waals surface area contributed by atoms with E-state index in [-0.39, 0.29) is 5.56 Å². The summed E-state index contributed by atoms with van der Waals surface area (Å²) in [7, 11) is 0. The van der Waals surface area contributed by atoms with Crippen molar-refractivity contribution < 1.29 is 18.8 Å². The largest absolute Gasteiger partial charge is 0.394 e. The van der Waals surface area contributed by atoms with Gasteiger partial charge in [-0.15, -0.1) is 0 Å². The SMILES string of the molecule is N[C@@H](CO)c1cc(F)c([N+](=O)[O-])cc1F. The predicted molar refractivity (Wildman–Crippen MR) is 47.0 cm³/mol. The molecule has 0 saturated heterocycles. The lowest BCUT2D eigenvalue weighted by Gasteiger charge is -2.09. The third-order valence-electron chi connectivity index (χ3n) is 1.86. The zero-order chi connectivity index (χ0) is 11.6. The van der Waals surface area contributed by atoms with Crippen molar-refractivity contribution in [2.45, 2.75) is 6.04 Å². The summed E-state index contributed by atoms with van der Waals surface area (Å²) < 4.78 is 26.2. The van der Waals surface area contributed by atoms with Crippen LogP contribution in [0.15, 0.2) is 12.1 Å². The van der Waals surface area contributed by atoms with Gasteiger partial charge in [-0.05, 0) is 6.07 Å². The molecule has 0 saturated carbocycles. The van der Waals surface area contributed by atoms with Gasteiger partial charge in [0.25, 0.3) is 0 Å². The van der Waals surface area contributed by atoms with Gasteiger partial charge in [0.1, 0.15) is 5.82 Å². The van der Waals surface area contributed by atoms with Gasteiger partial charge in [-0.1, -0.05) is 0 Å². The minimum Gasteiger partial charge on any atom is -0.394 e. The molecule has 1 atom stereocenters. The quantitative estimate of drug-likeness (QED) is 0.581. The number of halogens is 2. The molecule has 0 fully saturated rings. The fourth-order valence-corrected chi connectivity index (χ4v) is 1.07. The normalized spacial score (nSPS) is 12.5. The van der Waals surface area contributed by atoms with Crippen LogP contribution >= 0.6 is 0 Å². The highest BCUT2D eigenvalue weighted by atomic mass is 19.1. The van der Waals surface area contributed by atoms with Gasteiger partial charge < -0.3 is 10.8 Å². The summed E-state index contributed by atoms with van der Waals surface area (Å²) in [6.07, 6.45) is 0. The third kappa shape index (κ3) is 2.25. The number of hydrogen-bond acceptors (Lipinski definition) is 4. The summed E-state index contributed by atoms with van der Waals surface area (Å²) in [5, 5.41) is 18.9. The summed E-state index contributed by atoms with van der Waals surface area (Å²) >= 11 is 0. The molecule has 0 aliphatic heterocycles. The fraction of sp³-hybridized carbons (Fsp3) is 0.250. The highest BCUT2D eigenvalue weighted by Crippen LogP contribution is 2.24. The van der Waals surface area contributed by atoms with Crippen molar-refractivity contribution in [3.05, 3.63) is 39.4 Å². The van der Waals surface area contributed by atoms with Crippen LogP contribution in [0.3, 0.4) is 0 Å². The van der Waals surface area contributed by atoms with Crippen LogP contribution in [0.25, 0.3) is 0 Å². The number of nitrogens with two attached hydrogens (primary N) is 1. The van der Waals surface area contributed by atoms with Crippen LogP contribution in [0.5, 0.6) is 0 Å². The Labute approximate surface area is 83.3 Å². The van der Waals surface area contributed by atoms with E-state index in [0.29, 0.717) is 12.1 Å². The molecule has 0 bridgehead atoms. The van der Waals surface area contributed by atoms with E-state index in [9.17, 15) is 18.9 Å². The predicted octanol–water partition coefficient (Wildman–Crippen LogP) is 0.865. The van der Waals surface area contributed by atoms with Gasteiger partial charge in [0.2, 0.25) is 5.82 Å². The van der Waals surface area contributed by atoms with E-state index in [1.165, 1.54) is 0 Å². The lowest BCUT2D eigenvalue weighted by Crippen LogP contribution is -2.16. The van der Waals surface area contributed by atoms with Crippen LogP contribution in [-0.2, 0) is 0 Å². The van der Waals surface area contributed by atoms with E-state index in [1.54, 1.807) is 0 Å². The Kier molecular flexibility index (Phi) is 3.28. The number of aliphatic hydroxyl groups excluding tert-OH is 1. The second kappa shape index (κ2) is 4.28. The molecule has 82 valence electrons. The van der Waals surface area contributed by atoms with Crippen LogP contribution in [-0.4, -0.2) is 16.6 Å². The summed E-state index contributed by atoms with van der Waals surface area (Å²) in [4.78, 5) is 9.21. The first-order valence-corrected chi connectivity index (χ1v) is 3.97. The van der Waals surface area contributed by atoms with Crippen molar-refractivity contribution >= 4 is 5.69 Å². The number of hydrogen-bond donors (Lipinski definition) is 2. The van der Waals surface area contributed by atoms with E-state index < -0.39 is 34.9 Å². The standard InChI is InChI=1S/C8H8F2N2O3/c9-5-2-8(12(14)15)6(10)1-4(5)7(11)3-13/h1-2,7,13H,3,11H2/t7-/m0/s1. The molecule has 1 aromatic carbocycles. The van der Waals surface area contributed by atoms with Gasteiger partial charge in [0.15, 0.2) is 0 Å². The van der Waals surface area contributed by atoms with Crippen LogP contribution < -0.4 is 5.73 Å². The van der Waals surface area contributed by atoms with E-state index in [4.69, 9.17) is 10.8 Å². The average Bonchev–Trinajstić information content (AvgIpc) is 2.19. The van der Waals surface area contributed by atoms with Crippen LogP contribution in [0.1, 0.15) is 11.6 Å². The first-order chi connectivity index (χ1) is 6.97. The first kappa shape index (κ1) is 11.5. The molecule has 0 radical (unpaired) electrons. The van der Waals surface area contributed by atoms with Crippen molar-refractivity contribution in [3.63, 3.8) is 0 Å². The van der Waals surface area contributed by atoms with Crippen LogP contribution in [0.4, 0.5) is 14.5 Å².